The van der Waals surface area contributed by atoms with Gasteiger partial charge in [-0.2, -0.15) is 0 Å². The Kier molecular flexibility index (Phi) is 14.3. The van der Waals surface area contributed by atoms with Gasteiger partial charge in [0, 0.05) is 36.3 Å². The molecule has 2 amide bonds. The number of halogens is 1. The van der Waals surface area contributed by atoms with Gasteiger partial charge in [-0.3, -0.25) is 0 Å². The van der Waals surface area contributed by atoms with Crippen LogP contribution in [0.1, 0.15) is 44.7 Å². The van der Waals surface area contributed by atoms with Crippen LogP contribution in [-0.4, -0.2) is 68.5 Å². The third-order valence-electron chi connectivity index (χ3n) is 10.2. The summed E-state index contributed by atoms with van der Waals surface area (Å²) in [6.45, 7) is 10.0. The summed E-state index contributed by atoms with van der Waals surface area (Å²) in [6, 6.07) is 43.8. The van der Waals surface area contributed by atoms with Crippen molar-refractivity contribution in [3.05, 3.63) is 150 Å². The maximum absolute atomic E-state index is 13.1. The van der Waals surface area contributed by atoms with Gasteiger partial charge < -0.3 is 29.8 Å². The molecule has 10 heteroatoms. The lowest BCUT2D eigenvalue weighted by Gasteiger charge is -2.43. The molecule has 1 saturated heterocycles. The van der Waals surface area contributed by atoms with Crippen molar-refractivity contribution < 1.29 is 23.5 Å². The molecule has 1 fully saturated rings. The van der Waals surface area contributed by atoms with E-state index >= 15 is 0 Å². The van der Waals surface area contributed by atoms with Crippen LogP contribution in [0.15, 0.2) is 138 Å². The van der Waals surface area contributed by atoms with Crippen LogP contribution < -0.4 is 30.2 Å². The van der Waals surface area contributed by atoms with Gasteiger partial charge in [0.25, 0.3) is 0 Å². The number of carbonyl (C=O) groups is 1. The van der Waals surface area contributed by atoms with Crippen molar-refractivity contribution in [1.29, 1.82) is 0 Å². The predicted molar refractivity (Wildman–Crippen MR) is 228 cm³/mol. The molecule has 0 saturated carbocycles. The highest BCUT2D eigenvalue weighted by molar-refractivity contribution is 8.00. The minimum atomic E-state index is -2.73. The fraction of sp³-hybridized carbons (Fsp3) is 0.326. The Morgan fingerprint density at radius 1 is 0.821 bits per heavy atom. The smallest absolute Gasteiger partial charge is 0.319 e. The average Bonchev–Trinajstić information content (AvgIpc) is 3.22. The minimum Gasteiger partial charge on any atom is -0.534 e. The number of nitrogens with zero attached hydrogens (tertiary/aromatic N) is 1. The summed E-state index contributed by atoms with van der Waals surface area (Å²) in [7, 11) is -2.73. The monoisotopic (exact) mass is 791 g/mol. The molecule has 0 radical (unpaired) electrons. The van der Waals surface area contributed by atoms with Crippen molar-refractivity contribution in [2.45, 2.75) is 67.9 Å². The van der Waals surface area contributed by atoms with Gasteiger partial charge in [-0.1, -0.05) is 106 Å². The summed E-state index contributed by atoms with van der Waals surface area (Å²) in [5.74, 6) is 1.20. The van der Waals surface area contributed by atoms with E-state index < -0.39 is 14.4 Å². The molecule has 1 atom stereocenters. The molecule has 0 bridgehead atoms. The van der Waals surface area contributed by atoms with Crippen molar-refractivity contribution in [2.75, 3.05) is 32.8 Å². The van der Waals surface area contributed by atoms with Gasteiger partial charge in [0.1, 0.15) is 30.0 Å². The molecule has 1 aliphatic heterocycles. The third kappa shape index (κ3) is 11.0. The van der Waals surface area contributed by atoms with E-state index in [0.29, 0.717) is 24.1 Å². The van der Waals surface area contributed by atoms with Gasteiger partial charge in [-0.05, 0) is 101 Å². The summed E-state index contributed by atoms with van der Waals surface area (Å²) in [5.41, 5.74) is 2.12. The SMILES string of the molecule is CC(C)(C)[Si](Oc1ccc(OC[C@@H](O)CNCCc2ccc(SC3CCN(C(=O)NCc4ccc(F)cc4)CC3)cc2)cc1)(c1ccccc1)c1ccccc1. The lowest BCUT2D eigenvalue weighted by Crippen LogP contribution is -2.68. The maximum Gasteiger partial charge on any atom is 0.319 e. The van der Waals surface area contributed by atoms with Gasteiger partial charge in [0.05, 0.1) is 0 Å². The number of hydrogen-bond donors (Lipinski definition) is 3. The van der Waals surface area contributed by atoms with E-state index in [0.717, 1.165) is 50.2 Å². The maximum atomic E-state index is 13.1. The summed E-state index contributed by atoms with van der Waals surface area (Å²) < 4.78 is 26.2. The molecule has 56 heavy (non-hydrogen) atoms. The number of hydrogen-bond acceptors (Lipinski definition) is 6. The summed E-state index contributed by atoms with van der Waals surface area (Å²) in [5, 5.41) is 19.7. The number of urea groups is 1. The number of benzene rings is 5. The number of rotatable bonds is 16. The fourth-order valence-electron chi connectivity index (χ4n) is 7.18. The van der Waals surface area contributed by atoms with Gasteiger partial charge in [-0.25, -0.2) is 9.18 Å². The highest BCUT2D eigenvalue weighted by Crippen LogP contribution is 2.38. The first-order valence-electron chi connectivity index (χ1n) is 19.5. The Morgan fingerprint density at radius 2 is 1.39 bits per heavy atom. The second-order valence-corrected chi connectivity index (χ2v) is 21.0. The Labute approximate surface area is 336 Å². The zero-order valence-electron chi connectivity index (χ0n) is 32.6. The number of amides is 2. The molecule has 1 heterocycles. The Bertz CT molecular complexity index is 1900. The summed E-state index contributed by atoms with van der Waals surface area (Å²) in [4.78, 5) is 15.7. The lowest BCUT2D eigenvalue weighted by atomic mass is 10.1. The molecule has 5 aromatic carbocycles. The van der Waals surface area contributed by atoms with Crippen LogP contribution >= 0.6 is 11.8 Å². The molecule has 6 rings (SSSR count). The Hall–Kier alpha value is -4.61. The highest BCUT2D eigenvalue weighted by atomic mass is 32.2. The number of thioether (sulfide) groups is 1. The molecule has 1 aliphatic rings. The van der Waals surface area contributed by atoms with Crippen LogP contribution in [0.5, 0.6) is 11.5 Å². The molecule has 294 valence electrons. The number of piperidine rings is 1. The minimum absolute atomic E-state index is 0.0701. The second kappa shape index (κ2) is 19.5. The lowest BCUT2D eigenvalue weighted by molar-refractivity contribution is 0.106. The fourth-order valence-corrected chi connectivity index (χ4v) is 12.7. The van der Waals surface area contributed by atoms with Crippen LogP contribution in [0.25, 0.3) is 0 Å². The van der Waals surface area contributed by atoms with Crippen LogP contribution in [-0.2, 0) is 13.0 Å². The average molecular weight is 792 g/mol. The first kappa shape index (κ1) is 41.0. The molecule has 0 aromatic heterocycles. The third-order valence-corrected chi connectivity index (χ3v) is 16.5. The van der Waals surface area contributed by atoms with Crippen LogP contribution in [0, 0.1) is 5.82 Å². The molecule has 0 spiro atoms. The van der Waals surface area contributed by atoms with Gasteiger partial charge in [0.2, 0.25) is 0 Å². The number of aliphatic hydroxyl groups excluding tert-OH is 1. The van der Waals surface area contributed by atoms with Crippen molar-refractivity contribution in [1.82, 2.24) is 15.5 Å². The van der Waals surface area contributed by atoms with E-state index in [2.05, 4.69) is 104 Å². The first-order chi connectivity index (χ1) is 27.1. The zero-order chi connectivity index (χ0) is 39.4. The van der Waals surface area contributed by atoms with Gasteiger partial charge in [0.15, 0.2) is 0 Å². The molecular weight excluding hydrogens is 738 g/mol. The van der Waals surface area contributed by atoms with Crippen molar-refractivity contribution in [3.8, 4) is 11.5 Å². The van der Waals surface area contributed by atoms with E-state index in [9.17, 15) is 14.3 Å². The highest BCUT2D eigenvalue weighted by Gasteiger charge is 2.52. The van der Waals surface area contributed by atoms with Gasteiger partial charge in [-0.15, -0.1) is 11.8 Å². The molecular formula is C46H54FN3O4SSi. The van der Waals surface area contributed by atoms with E-state index in [-0.39, 0.29) is 23.5 Å². The van der Waals surface area contributed by atoms with Crippen LogP contribution in [0.2, 0.25) is 5.04 Å². The van der Waals surface area contributed by atoms with Crippen LogP contribution in [0.3, 0.4) is 0 Å². The van der Waals surface area contributed by atoms with E-state index in [4.69, 9.17) is 9.16 Å². The topological polar surface area (TPSA) is 83.1 Å². The van der Waals surface area contributed by atoms with Crippen molar-refractivity contribution in [2.24, 2.45) is 0 Å². The molecule has 5 aromatic rings. The predicted octanol–water partition coefficient (Wildman–Crippen LogP) is 7.80. The van der Waals surface area contributed by atoms with Gasteiger partial charge >= 0.3 is 14.3 Å². The number of carbonyl (C=O) groups excluding carboxylic acids is 1. The van der Waals surface area contributed by atoms with E-state index in [1.54, 1.807) is 12.1 Å². The summed E-state index contributed by atoms with van der Waals surface area (Å²) in [6.07, 6.45) is 2.09. The quantitative estimate of drug-likeness (QED) is 0.0700. The van der Waals surface area contributed by atoms with E-state index in [1.807, 2.05) is 53.1 Å². The van der Waals surface area contributed by atoms with E-state index in [1.165, 1.54) is 33.0 Å². The van der Waals surface area contributed by atoms with Crippen molar-refractivity contribution >= 4 is 36.5 Å². The molecule has 0 aliphatic carbocycles. The first-order valence-corrected chi connectivity index (χ1v) is 22.3. The number of nitrogens with one attached hydrogen (secondary N) is 2. The number of ether oxygens (including phenoxy) is 1. The van der Waals surface area contributed by atoms with Crippen LogP contribution in [0.4, 0.5) is 9.18 Å². The molecule has 3 N–H and O–H groups in total. The Balaban J connectivity index is 0.892. The molecule has 0 unspecified atom stereocenters. The standard InChI is InChI=1S/C46H54FN3O4SSi/c1-46(2,3)56(43-10-6-4-7-11-43,44-12-8-5-9-13-44)54-40-22-20-39(21-23-40)53-34-38(51)33-48-29-26-35-16-24-41(25-17-35)55-42-27-30-50(31-28-42)45(52)49-32-36-14-18-37(47)19-15-36/h4-25,38,42,48,51H,26-34H2,1-3H3,(H,49,52)/t38-/m0/s1. The van der Waals surface area contributed by atoms with Crippen molar-refractivity contribution in [3.63, 3.8) is 0 Å². The zero-order valence-corrected chi connectivity index (χ0v) is 34.4. The summed E-state index contributed by atoms with van der Waals surface area (Å²) >= 11 is 1.87. The Morgan fingerprint density at radius 3 is 1.98 bits per heavy atom. The number of aliphatic hydroxyl groups is 1. The second-order valence-electron chi connectivity index (χ2n) is 15.4. The molecule has 7 nitrogen and oxygen atoms in total. The number of likely N-dealkylation sites (tertiary alicyclic amines) is 1. The normalized spacial score (nSPS) is 14.3. The largest absolute Gasteiger partial charge is 0.534 e.